The van der Waals surface area contributed by atoms with Gasteiger partial charge in [-0.1, -0.05) is 13.0 Å². The zero-order chi connectivity index (χ0) is 12.4. The largest absolute Gasteiger partial charge is 0.389 e. The van der Waals surface area contributed by atoms with E-state index in [1.807, 2.05) is 24.4 Å². The Hall–Kier alpha value is -1.13. The molecule has 0 spiro atoms. The van der Waals surface area contributed by atoms with Gasteiger partial charge in [0.05, 0.1) is 11.8 Å². The summed E-state index contributed by atoms with van der Waals surface area (Å²) in [5.74, 6) is 1.02. The number of halogens is 1. The highest BCUT2D eigenvalue weighted by atomic mass is 79.9. The lowest BCUT2D eigenvalue weighted by atomic mass is 10.1. The van der Waals surface area contributed by atoms with E-state index in [0.717, 1.165) is 28.0 Å². The quantitative estimate of drug-likeness (QED) is 0.944. The summed E-state index contributed by atoms with van der Waals surface area (Å²) in [5, 5.41) is 9.53. The van der Waals surface area contributed by atoms with Gasteiger partial charge in [0.1, 0.15) is 5.82 Å². The van der Waals surface area contributed by atoms with E-state index in [4.69, 9.17) is 0 Å². The summed E-state index contributed by atoms with van der Waals surface area (Å²) in [7, 11) is 0. The minimum atomic E-state index is -0.450. The highest BCUT2D eigenvalue weighted by Gasteiger charge is 2.09. The van der Waals surface area contributed by atoms with Gasteiger partial charge in [-0.15, -0.1) is 0 Å². The summed E-state index contributed by atoms with van der Waals surface area (Å²) in [6.45, 7) is 3.84. The van der Waals surface area contributed by atoms with Gasteiger partial charge in [-0.05, 0) is 40.5 Å². The van der Waals surface area contributed by atoms with Gasteiger partial charge < -0.3 is 9.67 Å². The molecule has 0 radical (unpaired) electrons. The van der Waals surface area contributed by atoms with Gasteiger partial charge in [0.2, 0.25) is 0 Å². The number of hydrogen-bond donors (Lipinski definition) is 1. The van der Waals surface area contributed by atoms with Crippen LogP contribution in [0.5, 0.6) is 0 Å². The molecule has 0 aliphatic carbocycles. The van der Waals surface area contributed by atoms with Crippen molar-refractivity contribution in [1.29, 1.82) is 0 Å². The van der Waals surface area contributed by atoms with Crippen molar-refractivity contribution in [2.75, 3.05) is 0 Å². The Kier molecular flexibility index (Phi) is 3.64. The van der Waals surface area contributed by atoms with Crippen molar-refractivity contribution in [1.82, 2.24) is 9.55 Å². The van der Waals surface area contributed by atoms with Crippen LogP contribution in [0, 0.1) is 0 Å². The molecule has 1 heterocycles. The number of aromatic nitrogens is 2. The van der Waals surface area contributed by atoms with Crippen LogP contribution in [0.1, 0.15) is 31.3 Å². The lowest BCUT2D eigenvalue weighted by molar-refractivity contribution is 0.199. The molecule has 2 aromatic rings. The highest BCUT2D eigenvalue weighted by molar-refractivity contribution is 9.10. The Balaban J connectivity index is 2.47. The van der Waals surface area contributed by atoms with Crippen LogP contribution in [0.4, 0.5) is 0 Å². The molecule has 4 heteroatoms. The number of rotatable bonds is 3. The third-order valence-corrected chi connectivity index (χ3v) is 3.38. The van der Waals surface area contributed by atoms with E-state index in [1.54, 1.807) is 13.1 Å². The molecule has 0 saturated carbocycles. The van der Waals surface area contributed by atoms with E-state index in [-0.39, 0.29) is 0 Å². The predicted octanol–water partition coefficient (Wildman–Crippen LogP) is 3.25. The molecule has 0 aliphatic rings. The molecule has 0 saturated heterocycles. The molecule has 0 unspecified atom stereocenters. The molecular weight excluding hydrogens is 280 g/mol. The topological polar surface area (TPSA) is 38.0 Å². The monoisotopic (exact) mass is 294 g/mol. The van der Waals surface area contributed by atoms with Crippen LogP contribution < -0.4 is 0 Å². The normalized spacial score (nSPS) is 12.7. The smallest absolute Gasteiger partial charge is 0.112 e. The summed E-state index contributed by atoms with van der Waals surface area (Å²) in [6, 6.07) is 5.87. The van der Waals surface area contributed by atoms with E-state index in [2.05, 4.69) is 32.4 Å². The van der Waals surface area contributed by atoms with Crippen LogP contribution in [0.2, 0.25) is 0 Å². The number of benzene rings is 1. The Morgan fingerprint density at radius 3 is 2.82 bits per heavy atom. The van der Waals surface area contributed by atoms with Gasteiger partial charge in [0.25, 0.3) is 0 Å². The first-order valence-electron chi connectivity index (χ1n) is 5.63. The molecule has 1 aromatic carbocycles. The maximum atomic E-state index is 9.53. The van der Waals surface area contributed by atoms with Crippen molar-refractivity contribution in [3.63, 3.8) is 0 Å². The van der Waals surface area contributed by atoms with Crippen LogP contribution in [-0.4, -0.2) is 14.7 Å². The van der Waals surface area contributed by atoms with Crippen LogP contribution in [0.3, 0.4) is 0 Å². The van der Waals surface area contributed by atoms with Gasteiger partial charge in [-0.25, -0.2) is 4.98 Å². The Labute approximate surface area is 109 Å². The number of nitrogens with zero attached hydrogens (tertiary/aromatic N) is 2. The minimum Gasteiger partial charge on any atom is -0.389 e. The van der Waals surface area contributed by atoms with Crippen LogP contribution in [-0.2, 0) is 6.42 Å². The predicted molar refractivity (Wildman–Crippen MR) is 71.3 cm³/mol. The van der Waals surface area contributed by atoms with Gasteiger partial charge in [-0.3, -0.25) is 0 Å². The van der Waals surface area contributed by atoms with E-state index in [0.29, 0.717) is 0 Å². The Bertz CT molecular complexity index is 520. The van der Waals surface area contributed by atoms with Crippen molar-refractivity contribution in [3.05, 3.63) is 46.5 Å². The fourth-order valence-electron chi connectivity index (χ4n) is 1.79. The first kappa shape index (κ1) is 12.3. The van der Waals surface area contributed by atoms with Crippen molar-refractivity contribution >= 4 is 15.9 Å². The molecule has 1 N–H and O–H groups in total. The Morgan fingerprint density at radius 2 is 2.24 bits per heavy atom. The molecule has 0 amide bonds. The third kappa shape index (κ3) is 2.42. The molecule has 90 valence electrons. The molecule has 0 aliphatic heterocycles. The lowest BCUT2D eigenvalue weighted by Gasteiger charge is -2.11. The van der Waals surface area contributed by atoms with Crippen molar-refractivity contribution in [2.45, 2.75) is 26.4 Å². The first-order valence-corrected chi connectivity index (χ1v) is 6.43. The maximum Gasteiger partial charge on any atom is 0.112 e. The maximum absolute atomic E-state index is 9.53. The van der Waals surface area contributed by atoms with Crippen molar-refractivity contribution in [2.24, 2.45) is 0 Å². The average Bonchev–Trinajstić information content (AvgIpc) is 2.76. The molecule has 0 fully saturated rings. The van der Waals surface area contributed by atoms with Gasteiger partial charge in [0, 0.05) is 23.3 Å². The summed E-state index contributed by atoms with van der Waals surface area (Å²) >= 11 is 3.54. The highest BCUT2D eigenvalue weighted by Crippen LogP contribution is 2.26. The van der Waals surface area contributed by atoms with E-state index >= 15 is 0 Å². The van der Waals surface area contributed by atoms with Gasteiger partial charge >= 0.3 is 0 Å². The summed E-state index contributed by atoms with van der Waals surface area (Å²) in [5.41, 5.74) is 1.95. The van der Waals surface area contributed by atoms with Crippen LogP contribution in [0.15, 0.2) is 35.1 Å². The van der Waals surface area contributed by atoms with Crippen LogP contribution in [0.25, 0.3) is 5.69 Å². The summed E-state index contributed by atoms with van der Waals surface area (Å²) in [6.07, 6.45) is 4.18. The summed E-state index contributed by atoms with van der Waals surface area (Å²) < 4.78 is 3.01. The second kappa shape index (κ2) is 5.02. The average molecular weight is 295 g/mol. The minimum absolute atomic E-state index is 0.450. The van der Waals surface area contributed by atoms with E-state index in [1.165, 1.54) is 0 Å². The van der Waals surface area contributed by atoms with Gasteiger partial charge in [0.15, 0.2) is 0 Å². The molecule has 17 heavy (non-hydrogen) atoms. The molecular formula is C13H15BrN2O. The standard InChI is InChI=1S/C13H15BrN2O/c1-3-13-15-6-7-16(13)12-5-4-10(9(2)17)8-11(12)14/h4-9,17H,3H2,1-2H3/t9-/m0/s1. The zero-order valence-electron chi connectivity index (χ0n) is 9.89. The number of aryl methyl sites for hydroxylation is 1. The Morgan fingerprint density at radius 1 is 1.47 bits per heavy atom. The molecule has 2 rings (SSSR count). The van der Waals surface area contributed by atoms with Crippen molar-refractivity contribution in [3.8, 4) is 5.69 Å². The summed E-state index contributed by atoms with van der Waals surface area (Å²) in [4.78, 5) is 4.30. The SMILES string of the molecule is CCc1nccn1-c1ccc([C@H](C)O)cc1Br. The first-order chi connectivity index (χ1) is 8.13. The molecule has 0 bridgehead atoms. The fourth-order valence-corrected chi connectivity index (χ4v) is 2.38. The van der Waals surface area contributed by atoms with E-state index in [9.17, 15) is 5.11 Å². The van der Waals surface area contributed by atoms with Crippen molar-refractivity contribution < 1.29 is 5.11 Å². The molecule has 1 aromatic heterocycles. The third-order valence-electron chi connectivity index (χ3n) is 2.75. The second-order valence-electron chi connectivity index (χ2n) is 3.95. The number of imidazole rings is 1. The van der Waals surface area contributed by atoms with E-state index < -0.39 is 6.10 Å². The number of aliphatic hydroxyl groups excluding tert-OH is 1. The van der Waals surface area contributed by atoms with Gasteiger partial charge in [-0.2, -0.15) is 0 Å². The fraction of sp³-hybridized carbons (Fsp3) is 0.308. The number of hydrogen-bond acceptors (Lipinski definition) is 2. The number of aliphatic hydroxyl groups is 1. The molecule has 3 nitrogen and oxygen atoms in total. The lowest BCUT2D eigenvalue weighted by Crippen LogP contribution is -2.01. The van der Waals surface area contributed by atoms with Crippen LogP contribution >= 0.6 is 15.9 Å². The second-order valence-corrected chi connectivity index (χ2v) is 4.81. The zero-order valence-corrected chi connectivity index (χ0v) is 11.5. The molecule has 1 atom stereocenters.